The number of hydrogen-bond acceptors (Lipinski definition) is 4. The maximum atomic E-state index is 10.3. The number of hydrogen-bond donors (Lipinski definition) is 1. The summed E-state index contributed by atoms with van der Waals surface area (Å²) in [6, 6.07) is 7.11. The summed E-state index contributed by atoms with van der Waals surface area (Å²) in [7, 11) is 0. The van der Waals surface area contributed by atoms with Gasteiger partial charge in [-0.25, -0.2) is 14.8 Å². The molecule has 1 heterocycles. The third kappa shape index (κ3) is 2.70. The van der Waals surface area contributed by atoms with Crippen molar-refractivity contribution >= 4 is 17.8 Å². The van der Waals surface area contributed by atoms with Crippen LogP contribution in [0, 0.1) is 0 Å². The van der Waals surface area contributed by atoms with Crippen molar-refractivity contribution in [2.24, 2.45) is 0 Å². The molecule has 0 bridgehead atoms. The quantitative estimate of drug-likeness (QED) is 0.830. The molecule has 1 N–H and O–H groups in total. The van der Waals surface area contributed by atoms with Gasteiger partial charge in [0.1, 0.15) is 0 Å². The number of aromatic nitrogens is 2. The predicted octanol–water partition coefficient (Wildman–Crippen LogP) is 2.85. The van der Waals surface area contributed by atoms with E-state index in [4.69, 9.17) is 16.7 Å². The van der Waals surface area contributed by atoms with E-state index in [0.717, 1.165) is 0 Å². The molecule has 0 saturated carbocycles. The van der Waals surface area contributed by atoms with Gasteiger partial charge in [-0.1, -0.05) is 23.7 Å². The molecule has 86 valence electrons. The number of ether oxygens (including phenoxy) is 1. The second-order valence-electron chi connectivity index (χ2n) is 3.09. The molecule has 0 unspecified atom stereocenters. The molecular weight excluding hydrogens is 244 g/mol. The predicted molar refractivity (Wildman–Crippen MR) is 61.1 cm³/mol. The molecule has 6 heteroatoms. The molecule has 0 aliphatic carbocycles. The topological polar surface area (TPSA) is 72.3 Å². The minimum atomic E-state index is -1.40. The molecule has 0 aliphatic heterocycles. The van der Waals surface area contributed by atoms with Crippen LogP contribution >= 0.6 is 11.6 Å². The summed E-state index contributed by atoms with van der Waals surface area (Å²) in [5.74, 6) is 0.474. The summed E-state index contributed by atoms with van der Waals surface area (Å²) in [4.78, 5) is 18.2. The van der Waals surface area contributed by atoms with E-state index in [0.29, 0.717) is 16.4 Å². The molecule has 0 amide bonds. The first-order chi connectivity index (χ1) is 8.16. The molecule has 0 aliphatic rings. The van der Waals surface area contributed by atoms with Crippen LogP contribution in [-0.2, 0) is 0 Å². The smallest absolute Gasteiger partial charge is 0.449 e. The summed E-state index contributed by atoms with van der Waals surface area (Å²) in [6.45, 7) is 0. The van der Waals surface area contributed by atoms with Gasteiger partial charge in [0.25, 0.3) is 0 Å². The highest BCUT2D eigenvalue weighted by molar-refractivity contribution is 6.33. The van der Waals surface area contributed by atoms with Gasteiger partial charge in [0, 0.05) is 5.56 Å². The lowest BCUT2D eigenvalue weighted by Gasteiger charge is -2.03. The molecule has 1 aromatic carbocycles. The molecule has 5 nitrogen and oxygen atoms in total. The fraction of sp³-hybridized carbons (Fsp3) is 0. The summed E-state index contributed by atoms with van der Waals surface area (Å²) in [5.41, 5.74) is 0.677. The van der Waals surface area contributed by atoms with Crippen molar-refractivity contribution < 1.29 is 14.6 Å². The van der Waals surface area contributed by atoms with Crippen molar-refractivity contribution in [1.29, 1.82) is 0 Å². The van der Waals surface area contributed by atoms with E-state index in [2.05, 4.69) is 14.7 Å². The molecule has 0 spiro atoms. The summed E-state index contributed by atoms with van der Waals surface area (Å²) in [6.07, 6.45) is 1.15. The Kier molecular flexibility index (Phi) is 3.20. The van der Waals surface area contributed by atoms with Crippen LogP contribution in [0.1, 0.15) is 0 Å². The van der Waals surface area contributed by atoms with Crippen LogP contribution in [0.25, 0.3) is 11.4 Å². The summed E-state index contributed by atoms with van der Waals surface area (Å²) < 4.78 is 4.39. The number of halogens is 1. The van der Waals surface area contributed by atoms with Crippen molar-refractivity contribution in [1.82, 2.24) is 9.97 Å². The minimum absolute atomic E-state index is 0.0632. The van der Waals surface area contributed by atoms with Gasteiger partial charge in [0.2, 0.25) is 0 Å². The molecule has 2 rings (SSSR count). The number of carboxylic acid groups (broad SMARTS) is 1. The molecular formula is C11H7ClN2O3. The molecule has 17 heavy (non-hydrogen) atoms. The van der Waals surface area contributed by atoms with Gasteiger partial charge in [-0.2, -0.15) is 0 Å². The Labute approximate surface area is 102 Å². The third-order valence-corrected chi connectivity index (χ3v) is 2.28. The van der Waals surface area contributed by atoms with Gasteiger partial charge in [0.05, 0.1) is 17.4 Å². The lowest BCUT2D eigenvalue weighted by atomic mass is 10.2. The second-order valence-corrected chi connectivity index (χ2v) is 3.50. The standard InChI is InChI=1S/C11H7ClN2O3/c12-9-4-2-1-3-8(9)10-13-5-7(6-14-10)17-11(15)16/h1-6H,(H,15,16). The van der Waals surface area contributed by atoms with Gasteiger partial charge in [-0.05, 0) is 12.1 Å². The van der Waals surface area contributed by atoms with E-state index in [9.17, 15) is 4.79 Å². The van der Waals surface area contributed by atoms with Crippen molar-refractivity contribution in [2.45, 2.75) is 0 Å². The zero-order valence-electron chi connectivity index (χ0n) is 8.50. The Morgan fingerprint density at radius 3 is 2.47 bits per heavy atom. The summed E-state index contributed by atoms with van der Waals surface area (Å²) in [5, 5.41) is 8.93. The fourth-order valence-corrected chi connectivity index (χ4v) is 1.47. The van der Waals surface area contributed by atoms with Crippen molar-refractivity contribution in [2.75, 3.05) is 0 Å². The van der Waals surface area contributed by atoms with Gasteiger partial charge >= 0.3 is 6.16 Å². The Morgan fingerprint density at radius 2 is 1.88 bits per heavy atom. The Hall–Kier alpha value is -2.14. The van der Waals surface area contributed by atoms with Gasteiger partial charge in [0.15, 0.2) is 11.6 Å². The van der Waals surface area contributed by atoms with Crippen LogP contribution in [0.3, 0.4) is 0 Å². The monoisotopic (exact) mass is 250 g/mol. The van der Waals surface area contributed by atoms with Crippen molar-refractivity contribution in [3.63, 3.8) is 0 Å². The van der Waals surface area contributed by atoms with Crippen LogP contribution in [0.4, 0.5) is 4.79 Å². The van der Waals surface area contributed by atoms with Crippen molar-refractivity contribution in [3.8, 4) is 17.1 Å². The molecule has 2 aromatic rings. The SMILES string of the molecule is O=C(O)Oc1cnc(-c2ccccc2Cl)nc1. The molecule has 1 aromatic heterocycles. The molecule has 0 radical (unpaired) electrons. The average Bonchev–Trinajstić information content (AvgIpc) is 2.30. The minimum Gasteiger partial charge on any atom is -0.449 e. The van der Waals surface area contributed by atoms with Gasteiger partial charge in [-0.3, -0.25) is 0 Å². The Morgan fingerprint density at radius 1 is 1.24 bits per heavy atom. The lowest BCUT2D eigenvalue weighted by molar-refractivity contribution is 0.144. The highest BCUT2D eigenvalue weighted by Gasteiger charge is 2.07. The van der Waals surface area contributed by atoms with Crippen LogP contribution in [0.2, 0.25) is 5.02 Å². The largest absolute Gasteiger partial charge is 0.511 e. The maximum absolute atomic E-state index is 10.3. The maximum Gasteiger partial charge on any atom is 0.511 e. The van der Waals surface area contributed by atoms with E-state index in [-0.39, 0.29) is 5.75 Å². The first kappa shape index (κ1) is 11.3. The van der Waals surface area contributed by atoms with E-state index in [1.54, 1.807) is 18.2 Å². The van der Waals surface area contributed by atoms with Gasteiger partial charge in [-0.15, -0.1) is 0 Å². The van der Waals surface area contributed by atoms with Crippen LogP contribution in [0.15, 0.2) is 36.7 Å². The number of rotatable bonds is 2. The fourth-order valence-electron chi connectivity index (χ4n) is 1.25. The molecule has 0 atom stereocenters. The highest BCUT2D eigenvalue weighted by atomic mass is 35.5. The zero-order chi connectivity index (χ0) is 12.3. The molecule has 0 fully saturated rings. The third-order valence-electron chi connectivity index (χ3n) is 1.95. The van der Waals surface area contributed by atoms with Crippen LogP contribution < -0.4 is 4.74 Å². The number of benzene rings is 1. The first-order valence-electron chi connectivity index (χ1n) is 4.64. The zero-order valence-corrected chi connectivity index (χ0v) is 9.26. The van der Waals surface area contributed by atoms with E-state index in [1.165, 1.54) is 12.4 Å². The van der Waals surface area contributed by atoms with Crippen molar-refractivity contribution in [3.05, 3.63) is 41.7 Å². The normalized spacial score (nSPS) is 9.94. The number of carbonyl (C=O) groups is 1. The first-order valence-corrected chi connectivity index (χ1v) is 5.02. The highest BCUT2D eigenvalue weighted by Crippen LogP contribution is 2.24. The van der Waals surface area contributed by atoms with E-state index < -0.39 is 6.16 Å². The molecule has 0 saturated heterocycles. The van der Waals surface area contributed by atoms with E-state index in [1.807, 2.05) is 6.07 Å². The summed E-state index contributed by atoms with van der Waals surface area (Å²) >= 11 is 5.98. The number of nitrogens with zero attached hydrogens (tertiary/aromatic N) is 2. The Bertz CT molecular complexity index is 543. The van der Waals surface area contributed by atoms with Crippen LogP contribution in [-0.4, -0.2) is 21.2 Å². The second kappa shape index (κ2) is 4.80. The van der Waals surface area contributed by atoms with E-state index >= 15 is 0 Å². The van der Waals surface area contributed by atoms with Crippen LogP contribution in [0.5, 0.6) is 5.75 Å². The van der Waals surface area contributed by atoms with Gasteiger partial charge < -0.3 is 9.84 Å². The lowest BCUT2D eigenvalue weighted by Crippen LogP contribution is -2.03. The Balaban J connectivity index is 2.30. The average molecular weight is 251 g/mol.